The van der Waals surface area contributed by atoms with E-state index in [-0.39, 0.29) is 17.7 Å². The zero-order valence-corrected chi connectivity index (χ0v) is 12.8. The second kappa shape index (κ2) is 5.29. The lowest BCUT2D eigenvalue weighted by molar-refractivity contribution is 0.0700. The highest BCUT2D eigenvalue weighted by Gasteiger charge is 2.24. The fourth-order valence-electron chi connectivity index (χ4n) is 2.05. The number of amides is 1. The molecule has 108 valence electrons. The van der Waals surface area contributed by atoms with E-state index >= 15 is 0 Å². The molecule has 0 bridgehead atoms. The largest absolute Gasteiger partial charge is 0.351 e. The molecular weight excluding hydrogens is 286 g/mol. The van der Waals surface area contributed by atoms with Gasteiger partial charge in [-0.15, -0.1) is 11.3 Å². The number of nitrogens with zero attached hydrogens (tertiary/aromatic N) is 3. The molecule has 3 rings (SSSR count). The van der Waals surface area contributed by atoms with Crippen LogP contribution in [0.15, 0.2) is 34.9 Å². The van der Waals surface area contributed by atoms with Crippen LogP contribution >= 0.6 is 11.3 Å². The summed E-state index contributed by atoms with van der Waals surface area (Å²) in [5, 5.41) is 4.66. The molecule has 0 saturated heterocycles. The number of carbonyl (C=O) groups is 1. The molecule has 0 aliphatic heterocycles. The van der Waals surface area contributed by atoms with Gasteiger partial charge in [0.25, 0.3) is 5.91 Å². The zero-order chi connectivity index (χ0) is 15.0. The van der Waals surface area contributed by atoms with Crippen LogP contribution in [0.4, 0.5) is 0 Å². The number of hydrogen-bond acceptors (Lipinski definition) is 5. The predicted molar refractivity (Wildman–Crippen MR) is 81.4 cm³/mol. The summed E-state index contributed by atoms with van der Waals surface area (Å²) < 4.78 is 6.15. The molecule has 0 unspecified atom stereocenters. The maximum Gasteiger partial charge on any atom is 0.292 e. The molecule has 2 aromatic heterocycles. The first-order chi connectivity index (χ1) is 10.1. The van der Waals surface area contributed by atoms with Crippen molar-refractivity contribution in [2.45, 2.75) is 19.9 Å². The number of thiazole rings is 1. The minimum absolute atomic E-state index is 0.125. The topological polar surface area (TPSA) is 59.2 Å². The normalized spacial score (nSPS) is 12.5. The molecule has 0 fully saturated rings. The van der Waals surface area contributed by atoms with Gasteiger partial charge in [-0.25, -0.2) is 4.98 Å². The van der Waals surface area contributed by atoms with Crippen LogP contribution in [0.25, 0.3) is 10.2 Å². The van der Waals surface area contributed by atoms with E-state index < -0.39 is 0 Å². The third-order valence-corrected chi connectivity index (χ3v) is 4.61. The van der Waals surface area contributed by atoms with Crippen LogP contribution in [-0.4, -0.2) is 28.0 Å². The number of rotatable bonds is 3. The molecule has 0 N–H and O–H groups in total. The predicted octanol–water partition coefficient (Wildman–Crippen LogP) is 3.43. The van der Waals surface area contributed by atoms with E-state index in [0.29, 0.717) is 5.69 Å². The monoisotopic (exact) mass is 301 g/mol. The molecular formula is C15H15N3O2S. The van der Waals surface area contributed by atoms with Gasteiger partial charge >= 0.3 is 0 Å². The fraction of sp³-hybridized carbons (Fsp3) is 0.267. The standard InChI is InChI=1S/C15H15N3O2S/c1-9-8-12(20-17-9)15(19)18(3)10(2)14-16-11-6-4-5-7-13(11)21-14/h4-8,10H,1-3H3/t10-/m0/s1. The van der Waals surface area contributed by atoms with Gasteiger partial charge in [-0.3, -0.25) is 4.79 Å². The van der Waals surface area contributed by atoms with E-state index in [1.54, 1.807) is 36.3 Å². The van der Waals surface area contributed by atoms with Crippen LogP contribution in [0.1, 0.15) is 34.2 Å². The number of hydrogen-bond donors (Lipinski definition) is 0. The molecule has 0 aliphatic carbocycles. The number of benzene rings is 1. The SMILES string of the molecule is Cc1cc(C(=O)N(C)[C@@H](C)c2nc3ccccc3s2)on1. The quantitative estimate of drug-likeness (QED) is 0.743. The van der Waals surface area contributed by atoms with Gasteiger partial charge < -0.3 is 9.42 Å². The van der Waals surface area contributed by atoms with Crippen molar-refractivity contribution in [2.75, 3.05) is 7.05 Å². The van der Waals surface area contributed by atoms with Crippen molar-refractivity contribution in [3.63, 3.8) is 0 Å². The highest BCUT2D eigenvalue weighted by Crippen LogP contribution is 2.29. The Kier molecular flexibility index (Phi) is 3.47. The Bertz CT molecular complexity index is 760. The number of carbonyl (C=O) groups excluding carboxylic acids is 1. The summed E-state index contributed by atoms with van der Waals surface area (Å²) in [5.74, 6) is 0.0605. The van der Waals surface area contributed by atoms with E-state index in [4.69, 9.17) is 4.52 Å². The molecule has 0 spiro atoms. The Balaban J connectivity index is 1.86. The van der Waals surface area contributed by atoms with Crippen LogP contribution in [-0.2, 0) is 0 Å². The van der Waals surface area contributed by atoms with Crippen LogP contribution in [0.3, 0.4) is 0 Å². The van der Waals surface area contributed by atoms with Gasteiger partial charge in [0.2, 0.25) is 5.76 Å². The van der Waals surface area contributed by atoms with Gasteiger partial charge in [0.05, 0.1) is 22.0 Å². The lowest BCUT2D eigenvalue weighted by Gasteiger charge is -2.21. The first-order valence-electron chi connectivity index (χ1n) is 6.62. The Hall–Kier alpha value is -2.21. The van der Waals surface area contributed by atoms with Crippen LogP contribution in [0.5, 0.6) is 0 Å². The third-order valence-electron chi connectivity index (χ3n) is 3.41. The number of para-hydroxylation sites is 1. The van der Waals surface area contributed by atoms with Crippen molar-refractivity contribution in [2.24, 2.45) is 0 Å². The average molecular weight is 301 g/mol. The summed E-state index contributed by atoms with van der Waals surface area (Å²) in [6.07, 6.45) is 0. The lowest BCUT2D eigenvalue weighted by Crippen LogP contribution is -2.29. The summed E-state index contributed by atoms with van der Waals surface area (Å²) in [4.78, 5) is 18.6. The van der Waals surface area contributed by atoms with E-state index in [9.17, 15) is 4.79 Å². The fourth-order valence-corrected chi connectivity index (χ4v) is 3.11. The molecule has 0 radical (unpaired) electrons. The molecule has 1 atom stereocenters. The van der Waals surface area contributed by atoms with Crippen LogP contribution in [0, 0.1) is 6.92 Å². The minimum atomic E-state index is -0.192. The molecule has 2 heterocycles. The van der Waals surface area contributed by atoms with Crippen molar-refractivity contribution in [3.05, 3.63) is 46.8 Å². The molecule has 21 heavy (non-hydrogen) atoms. The Labute approximate surface area is 126 Å². The summed E-state index contributed by atoms with van der Waals surface area (Å²) in [5.41, 5.74) is 1.65. The van der Waals surface area contributed by atoms with Crippen molar-refractivity contribution in [1.82, 2.24) is 15.0 Å². The number of fused-ring (bicyclic) bond motifs is 1. The van der Waals surface area contributed by atoms with E-state index in [2.05, 4.69) is 10.1 Å². The summed E-state index contributed by atoms with van der Waals surface area (Å²) in [6, 6.07) is 9.47. The first kappa shape index (κ1) is 13.8. The molecule has 6 heteroatoms. The van der Waals surface area contributed by atoms with Gasteiger partial charge in [-0.2, -0.15) is 0 Å². The summed E-state index contributed by atoms with van der Waals surface area (Å²) in [6.45, 7) is 3.75. The molecule has 3 aromatic rings. The summed E-state index contributed by atoms with van der Waals surface area (Å²) in [7, 11) is 1.75. The third kappa shape index (κ3) is 2.54. The summed E-state index contributed by atoms with van der Waals surface area (Å²) >= 11 is 1.60. The highest BCUT2D eigenvalue weighted by atomic mass is 32.1. The maximum atomic E-state index is 12.4. The molecule has 0 saturated carbocycles. The van der Waals surface area contributed by atoms with Crippen LogP contribution in [0.2, 0.25) is 0 Å². The van der Waals surface area contributed by atoms with Gasteiger partial charge in [-0.05, 0) is 26.0 Å². The second-order valence-electron chi connectivity index (χ2n) is 4.94. The zero-order valence-electron chi connectivity index (χ0n) is 12.0. The Morgan fingerprint density at radius 2 is 2.14 bits per heavy atom. The molecule has 1 aromatic carbocycles. The Morgan fingerprint density at radius 3 is 2.81 bits per heavy atom. The van der Waals surface area contributed by atoms with Crippen LogP contribution < -0.4 is 0 Å². The van der Waals surface area contributed by atoms with E-state index in [0.717, 1.165) is 15.2 Å². The molecule has 5 nitrogen and oxygen atoms in total. The van der Waals surface area contributed by atoms with Gasteiger partial charge in [0.1, 0.15) is 5.01 Å². The van der Waals surface area contributed by atoms with E-state index in [1.807, 2.05) is 31.2 Å². The van der Waals surface area contributed by atoms with Crippen molar-refractivity contribution >= 4 is 27.5 Å². The van der Waals surface area contributed by atoms with Crippen molar-refractivity contribution < 1.29 is 9.32 Å². The minimum Gasteiger partial charge on any atom is -0.351 e. The second-order valence-corrected chi connectivity index (χ2v) is 6.01. The van der Waals surface area contributed by atoms with Gasteiger partial charge in [0.15, 0.2) is 0 Å². The van der Waals surface area contributed by atoms with Crippen molar-refractivity contribution in [1.29, 1.82) is 0 Å². The van der Waals surface area contributed by atoms with Crippen molar-refractivity contribution in [3.8, 4) is 0 Å². The average Bonchev–Trinajstić information content (AvgIpc) is 3.10. The molecule has 1 amide bonds. The molecule has 0 aliphatic rings. The lowest BCUT2D eigenvalue weighted by atomic mass is 10.2. The highest BCUT2D eigenvalue weighted by molar-refractivity contribution is 7.18. The smallest absolute Gasteiger partial charge is 0.292 e. The first-order valence-corrected chi connectivity index (χ1v) is 7.44. The number of aryl methyl sites for hydroxylation is 1. The van der Waals surface area contributed by atoms with Gasteiger partial charge in [-0.1, -0.05) is 17.3 Å². The van der Waals surface area contributed by atoms with E-state index in [1.165, 1.54) is 0 Å². The Morgan fingerprint density at radius 1 is 1.38 bits per heavy atom. The maximum absolute atomic E-state index is 12.4. The number of aromatic nitrogens is 2. The van der Waals surface area contributed by atoms with Gasteiger partial charge in [0, 0.05) is 13.1 Å².